The summed E-state index contributed by atoms with van der Waals surface area (Å²) in [4.78, 5) is 2.30. The normalized spacial score (nSPS) is 18.9. The smallest absolute Gasteiger partial charge is 0.116 e. The minimum Gasteiger partial charge on any atom is -0.508 e. The van der Waals surface area contributed by atoms with E-state index in [0.29, 0.717) is 5.75 Å². The average molecular weight is 265 g/mol. The number of nitrogens with two attached hydrogens (primary N) is 1. The summed E-state index contributed by atoms with van der Waals surface area (Å²) in [7, 11) is 0. The first-order valence-electron chi connectivity index (χ1n) is 5.96. The number of hydrogen-bond acceptors (Lipinski definition) is 3. The Bertz CT molecular complexity index is 558. The molecule has 1 saturated heterocycles. The van der Waals surface area contributed by atoms with Crippen molar-refractivity contribution in [2.24, 2.45) is 5.73 Å². The minimum atomic E-state index is 0. The van der Waals surface area contributed by atoms with Crippen molar-refractivity contribution < 1.29 is 5.11 Å². The van der Waals surface area contributed by atoms with Crippen molar-refractivity contribution in [3.8, 4) is 5.75 Å². The Morgan fingerprint density at radius 3 is 2.78 bits per heavy atom. The van der Waals surface area contributed by atoms with Gasteiger partial charge in [0.2, 0.25) is 0 Å². The van der Waals surface area contributed by atoms with Gasteiger partial charge in [0.1, 0.15) is 5.75 Å². The molecular weight excluding hydrogens is 248 g/mol. The summed E-state index contributed by atoms with van der Waals surface area (Å²) in [6, 6.07) is 12.0. The summed E-state index contributed by atoms with van der Waals surface area (Å²) in [5, 5.41) is 11.9. The molecule has 0 amide bonds. The molecule has 1 fully saturated rings. The summed E-state index contributed by atoms with van der Waals surface area (Å²) >= 11 is 0. The number of aromatic hydroxyl groups is 1. The molecule has 1 heterocycles. The molecule has 1 unspecified atom stereocenters. The molecule has 0 spiro atoms. The second-order valence-electron chi connectivity index (χ2n) is 4.68. The molecule has 0 radical (unpaired) electrons. The van der Waals surface area contributed by atoms with E-state index in [-0.39, 0.29) is 18.4 Å². The number of nitrogens with zero attached hydrogens (tertiary/aromatic N) is 1. The van der Waals surface area contributed by atoms with Crippen molar-refractivity contribution >= 4 is 28.9 Å². The van der Waals surface area contributed by atoms with E-state index in [1.165, 1.54) is 5.69 Å². The third-order valence-corrected chi connectivity index (χ3v) is 3.41. The Balaban J connectivity index is 0.00000120. The Kier molecular flexibility index (Phi) is 3.64. The fourth-order valence-corrected chi connectivity index (χ4v) is 2.53. The molecule has 1 atom stereocenters. The van der Waals surface area contributed by atoms with Gasteiger partial charge in [-0.2, -0.15) is 0 Å². The van der Waals surface area contributed by atoms with E-state index in [4.69, 9.17) is 5.73 Å². The quantitative estimate of drug-likeness (QED) is 0.832. The number of fused-ring (bicyclic) bond motifs is 1. The Labute approximate surface area is 113 Å². The molecule has 3 nitrogen and oxygen atoms in total. The van der Waals surface area contributed by atoms with Crippen molar-refractivity contribution in [3.63, 3.8) is 0 Å². The highest BCUT2D eigenvalue weighted by Crippen LogP contribution is 2.31. The van der Waals surface area contributed by atoms with Crippen LogP contribution in [0.1, 0.15) is 6.42 Å². The third kappa shape index (κ3) is 2.24. The number of rotatable bonds is 1. The SMILES string of the molecule is Cl.NC1CCN(c2cccc3ccc(O)cc23)C1. The number of halogens is 1. The minimum absolute atomic E-state index is 0. The van der Waals surface area contributed by atoms with Crippen LogP contribution >= 0.6 is 12.4 Å². The predicted molar refractivity (Wildman–Crippen MR) is 77.7 cm³/mol. The summed E-state index contributed by atoms with van der Waals surface area (Å²) in [6.45, 7) is 1.89. The predicted octanol–water partition coefficient (Wildman–Crippen LogP) is 2.50. The van der Waals surface area contributed by atoms with Crippen molar-refractivity contribution in [1.82, 2.24) is 0 Å². The number of hydrogen-bond donors (Lipinski definition) is 2. The maximum absolute atomic E-state index is 9.61. The van der Waals surface area contributed by atoms with Gasteiger partial charge in [-0.3, -0.25) is 0 Å². The van der Waals surface area contributed by atoms with Crippen LogP contribution in [-0.4, -0.2) is 24.2 Å². The fraction of sp³-hybridized carbons (Fsp3) is 0.286. The second-order valence-corrected chi connectivity index (χ2v) is 4.68. The average Bonchev–Trinajstić information content (AvgIpc) is 2.75. The highest BCUT2D eigenvalue weighted by Gasteiger charge is 2.20. The molecule has 2 aromatic rings. The van der Waals surface area contributed by atoms with Gasteiger partial charge in [0.25, 0.3) is 0 Å². The van der Waals surface area contributed by atoms with Gasteiger partial charge in [-0.1, -0.05) is 18.2 Å². The zero-order chi connectivity index (χ0) is 11.8. The lowest BCUT2D eigenvalue weighted by Gasteiger charge is -2.20. The molecule has 4 heteroatoms. The first kappa shape index (κ1) is 13.0. The van der Waals surface area contributed by atoms with Gasteiger partial charge in [-0.05, 0) is 30.0 Å². The monoisotopic (exact) mass is 264 g/mol. The zero-order valence-corrected chi connectivity index (χ0v) is 10.9. The van der Waals surface area contributed by atoms with Crippen LogP contribution in [0.25, 0.3) is 10.8 Å². The van der Waals surface area contributed by atoms with E-state index in [9.17, 15) is 5.11 Å². The molecule has 0 aromatic heterocycles. The van der Waals surface area contributed by atoms with Gasteiger partial charge in [-0.15, -0.1) is 12.4 Å². The van der Waals surface area contributed by atoms with E-state index in [2.05, 4.69) is 23.1 Å². The van der Waals surface area contributed by atoms with E-state index in [1.807, 2.05) is 12.1 Å². The summed E-state index contributed by atoms with van der Waals surface area (Å²) in [6.07, 6.45) is 1.04. The molecule has 3 rings (SSSR count). The lowest BCUT2D eigenvalue weighted by atomic mass is 10.1. The maximum Gasteiger partial charge on any atom is 0.116 e. The Hall–Kier alpha value is -1.45. The van der Waals surface area contributed by atoms with E-state index in [1.54, 1.807) is 6.07 Å². The second kappa shape index (κ2) is 5.04. The number of benzene rings is 2. The van der Waals surface area contributed by atoms with Crippen molar-refractivity contribution in [2.45, 2.75) is 12.5 Å². The molecule has 96 valence electrons. The van der Waals surface area contributed by atoms with Gasteiger partial charge < -0.3 is 15.7 Å². The zero-order valence-electron chi connectivity index (χ0n) is 10.0. The van der Waals surface area contributed by atoms with Gasteiger partial charge in [-0.25, -0.2) is 0 Å². The molecular formula is C14H17ClN2O. The lowest BCUT2D eigenvalue weighted by molar-refractivity contribution is 0.476. The van der Waals surface area contributed by atoms with Crippen LogP contribution in [0.2, 0.25) is 0 Å². The molecule has 0 saturated carbocycles. The summed E-state index contributed by atoms with van der Waals surface area (Å²) in [5.41, 5.74) is 7.12. The molecule has 0 aliphatic carbocycles. The van der Waals surface area contributed by atoms with Crippen molar-refractivity contribution in [3.05, 3.63) is 36.4 Å². The van der Waals surface area contributed by atoms with Crippen molar-refractivity contribution in [2.75, 3.05) is 18.0 Å². The molecule has 18 heavy (non-hydrogen) atoms. The lowest BCUT2D eigenvalue weighted by Crippen LogP contribution is -2.26. The van der Waals surface area contributed by atoms with E-state index in [0.717, 1.165) is 30.3 Å². The van der Waals surface area contributed by atoms with Gasteiger partial charge in [0, 0.05) is 30.2 Å². The van der Waals surface area contributed by atoms with E-state index < -0.39 is 0 Å². The number of phenolic OH excluding ortho intramolecular Hbond substituents is 1. The fourth-order valence-electron chi connectivity index (χ4n) is 2.53. The van der Waals surface area contributed by atoms with Crippen LogP contribution in [0.4, 0.5) is 5.69 Å². The summed E-state index contributed by atoms with van der Waals surface area (Å²) in [5.74, 6) is 0.313. The van der Waals surface area contributed by atoms with Gasteiger partial charge >= 0.3 is 0 Å². The van der Waals surface area contributed by atoms with E-state index >= 15 is 0 Å². The standard InChI is InChI=1S/C14H16N2O.ClH/c15-11-6-7-16(9-11)14-3-1-2-10-4-5-12(17)8-13(10)14;/h1-5,8,11,17H,6-7,9,15H2;1H. The molecule has 1 aliphatic heterocycles. The van der Waals surface area contributed by atoms with Gasteiger partial charge in [0.05, 0.1) is 0 Å². The molecule has 0 bridgehead atoms. The highest BCUT2D eigenvalue weighted by molar-refractivity contribution is 5.95. The maximum atomic E-state index is 9.61. The molecule has 3 N–H and O–H groups in total. The Morgan fingerprint density at radius 1 is 1.22 bits per heavy atom. The van der Waals surface area contributed by atoms with Crippen LogP contribution < -0.4 is 10.6 Å². The number of phenols is 1. The van der Waals surface area contributed by atoms with Crippen LogP contribution in [0.3, 0.4) is 0 Å². The number of anilines is 1. The van der Waals surface area contributed by atoms with Crippen LogP contribution in [0, 0.1) is 0 Å². The van der Waals surface area contributed by atoms with Gasteiger partial charge in [0.15, 0.2) is 0 Å². The topological polar surface area (TPSA) is 49.5 Å². The largest absolute Gasteiger partial charge is 0.508 e. The Morgan fingerprint density at radius 2 is 2.06 bits per heavy atom. The van der Waals surface area contributed by atoms with Crippen molar-refractivity contribution in [1.29, 1.82) is 0 Å². The third-order valence-electron chi connectivity index (χ3n) is 3.41. The summed E-state index contributed by atoms with van der Waals surface area (Å²) < 4.78 is 0. The van der Waals surface area contributed by atoms with Crippen LogP contribution in [0.15, 0.2) is 36.4 Å². The van der Waals surface area contributed by atoms with Crippen LogP contribution in [0.5, 0.6) is 5.75 Å². The van der Waals surface area contributed by atoms with Crippen LogP contribution in [-0.2, 0) is 0 Å². The molecule has 2 aromatic carbocycles. The highest BCUT2D eigenvalue weighted by atomic mass is 35.5. The first-order valence-corrected chi connectivity index (χ1v) is 5.96. The molecule has 1 aliphatic rings. The first-order chi connectivity index (χ1) is 8.24.